The number of fused-ring (bicyclic) bond motifs is 2. The number of halogens is 7. The number of aromatic nitrogens is 2. The van der Waals surface area contributed by atoms with Crippen LogP contribution in [0.1, 0.15) is 22.3 Å². The van der Waals surface area contributed by atoms with Crippen LogP contribution in [0.25, 0.3) is 33.1 Å². The molecule has 3 aromatic carbocycles. The molecule has 5 aromatic rings. The Bertz CT molecular complexity index is 1700. The van der Waals surface area contributed by atoms with Gasteiger partial charge in [-0.25, -0.2) is 27.5 Å². The Morgan fingerprint density at radius 1 is 0.622 bits per heavy atom. The molecule has 0 amide bonds. The highest BCUT2D eigenvalue weighted by atomic mass is 35.5. The van der Waals surface area contributed by atoms with Crippen LogP contribution in [0.4, 0.5) is 17.6 Å². The molecule has 5 rings (SSSR count). The van der Waals surface area contributed by atoms with Crippen molar-refractivity contribution in [3.63, 3.8) is 0 Å². The maximum absolute atomic E-state index is 14.0. The molecule has 0 aliphatic heterocycles. The second kappa shape index (κ2) is 10.4. The molecule has 190 valence electrons. The second-order valence-corrected chi connectivity index (χ2v) is 9.74. The van der Waals surface area contributed by atoms with Crippen LogP contribution >= 0.6 is 34.8 Å². The predicted octanol–water partition coefficient (Wildman–Crippen LogP) is 9.89. The Hall–Kier alpha value is -2.93. The molecule has 0 radical (unpaired) electrons. The summed E-state index contributed by atoms with van der Waals surface area (Å²) in [5.74, 6) is -2.79. The molecule has 2 nitrogen and oxygen atoms in total. The first-order valence-corrected chi connectivity index (χ1v) is 12.1. The van der Waals surface area contributed by atoms with E-state index in [9.17, 15) is 17.6 Å². The van der Waals surface area contributed by atoms with Gasteiger partial charge in [0, 0.05) is 35.4 Å². The lowest BCUT2D eigenvalue weighted by atomic mass is 9.98. The fraction of sp³-hybridized carbons (Fsp3) is 0.143. The van der Waals surface area contributed by atoms with Crippen LogP contribution in [-0.4, -0.2) is 9.97 Å². The van der Waals surface area contributed by atoms with Gasteiger partial charge in [0.25, 0.3) is 0 Å². The van der Waals surface area contributed by atoms with Crippen molar-refractivity contribution in [3.8, 4) is 11.3 Å². The van der Waals surface area contributed by atoms with Gasteiger partial charge in [-0.2, -0.15) is 0 Å². The van der Waals surface area contributed by atoms with Crippen LogP contribution in [-0.2, 0) is 0 Å². The average Bonchev–Trinajstić information content (AvgIpc) is 2.79. The van der Waals surface area contributed by atoms with E-state index in [0.717, 1.165) is 34.9 Å². The Morgan fingerprint density at radius 3 is 1.68 bits per heavy atom. The third kappa shape index (κ3) is 5.24. The van der Waals surface area contributed by atoms with Crippen molar-refractivity contribution in [2.24, 2.45) is 0 Å². The van der Waals surface area contributed by atoms with Crippen LogP contribution in [0.5, 0.6) is 0 Å². The van der Waals surface area contributed by atoms with Gasteiger partial charge in [-0.1, -0.05) is 58.6 Å². The van der Waals surface area contributed by atoms with Gasteiger partial charge in [0.1, 0.15) is 28.4 Å². The van der Waals surface area contributed by atoms with Gasteiger partial charge in [-0.05, 0) is 38.8 Å². The largest absolute Gasteiger partial charge is 0.247 e. The smallest absolute Gasteiger partial charge is 0.137 e. The molecule has 37 heavy (non-hydrogen) atoms. The quantitative estimate of drug-likeness (QED) is 0.149. The van der Waals surface area contributed by atoms with E-state index in [1.54, 1.807) is 13.8 Å². The minimum atomic E-state index is -0.734. The lowest BCUT2D eigenvalue weighted by Gasteiger charge is -2.13. The van der Waals surface area contributed by atoms with E-state index in [1.165, 1.54) is 6.07 Å². The number of rotatable bonds is 1. The average molecular weight is 566 g/mol. The summed E-state index contributed by atoms with van der Waals surface area (Å²) in [5.41, 5.74) is 5.27. The van der Waals surface area contributed by atoms with Crippen molar-refractivity contribution >= 4 is 56.6 Å². The topological polar surface area (TPSA) is 25.8 Å². The molecule has 0 saturated heterocycles. The molecule has 0 unspecified atom stereocenters. The number of pyridine rings is 2. The molecule has 0 saturated carbocycles. The van der Waals surface area contributed by atoms with Crippen molar-refractivity contribution in [3.05, 3.63) is 103 Å². The van der Waals surface area contributed by atoms with E-state index in [2.05, 4.69) is 9.97 Å². The van der Waals surface area contributed by atoms with Crippen molar-refractivity contribution in [1.29, 1.82) is 0 Å². The lowest BCUT2D eigenvalue weighted by Crippen LogP contribution is -1.97. The minimum Gasteiger partial charge on any atom is -0.247 e. The first kappa shape index (κ1) is 27.1. The molecule has 0 N–H and O–H groups in total. The van der Waals surface area contributed by atoms with Crippen LogP contribution in [0.15, 0.2) is 42.5 Å². The monoisotopic (exact) mass is 564 g/mol. The van der Waals surface area contributed by atoms with E-state index in [-0.39, 0.29) is 37.0 Å². The van der Waals surface area contributed by atoms with Gasteiger partial charge < -0.3 is 0 Å². The van der Waals surface area contributed by atoms with E-state index in [0.29, 0.717) is 16.8 Å². The molecule has 2 heterocycles. The van der Waals surface area contributed by atoms with E-state index >= 15 is 0 Å². The first-order valence-electron chi connectivity index (χ1n) is 11.0. The molecule has 0 fully saturated rings. The zero-order valence-electron chi connectivity index (χ0n) is 20.1. The molecule has 0 spiro atoms. The summed E-state index contributed by atoms with van der Waals surface area (Å²) in [7, 11) is 0. The van der Waals surface area contributed by atoms with Crippen LogP contribution in [0.3, 0.4) is 0 Å². The second-order valence-electron chi connectivity index (χ2n) is 8.62. The number of nitrogens with zero attached hydrogens (tertiary/aromatic N) is 2. The summed E-state index contributed by atoms with van der Waals surface area (Å²) >= 11 is 18.0. The predicted molar refractivity (Wildman–Crippen MR) is 143 cm³/mol. The van der Waals surface area contributed by atoms with Gasteiger partial charge in [0.05, 0.1) is 37.5 Å². The normalized spacial score (nSPS) is 11.1. The highest BCUT2D eigenvalue weighted by Crippen LogP contribution is 2.36. The minimum absolute atomic E-state index is 0.0972. The molecule has 0 aliphatic rings. The van der Waals surface area contributed by atoms with E-state index in [1.807, 2.05) is 32.0 Å². The Balaban J connectivity index is 0.000000186. The third-order valence-electron chi connectivity index (χ3n) is 5.92. The summed E-state index contributed by atoms with van der Waals surface area (Å²) < 4.78 is 53.8. The zero-order valence-corrected chi connectivity index (χ0v) is 22.3. The number of benzene rings is 3. The van der Waals surface area contributed by atoms with Crippen LogP contribution in [0.2, 0.25) is 15.2 Å². The maximum Gasteiger partial charge on any atom is 0.137 e. The summed E-state index contributed by atoms with van der Waals surface area (Å²) in [5, 5.41) is 0.853. The molecular weight excluding hydrogens is 547 g/mol. The SMILES string of the molecule is Cc1c(Cl)nc2cc(F)cc(F)c2c1Cl.Cc1ccc(-c2nc3cc(F)cc(F)c3c(Cl)c2C)c(C)c1. The Kier molecular flexibility index (Phi) is 7.65. The third-order valence-corrected chi connectivity index (χ3v) is 7.23. The zero-order chi connectivity index (χ0) is 27.2. The number of aryl methyl sites for hydroxylation is 2. The maximum atomic E-state index is 14.0. The summed E-state index contributed by atoms with van der Waals surface area (Å²) in [6, 6.07) is 9.87. The van der Waals surface area contributed by atoms with Gasteiger partial charge in [-0.3, -0.25) is 0 Å². The van der Waals surface area contributed by atoms with Gasteiger partial charge in [0.2, 0.25) is 0 Å². The van der Waals surface area contributed by atoms with Crippen LogP contribution in [0, 0.1) is 51.0 Å². The first-order chi connectivity index (χ1) is 17.4. The Labute approximate surface area is 225 Å². The molecular formula is C28H19Cl3F4N2. The van der Waals surface area contributed by atoms with Gasteiger partial charge in [-0.15, -0.1) is 0 Å². The molecule has 9 heteroatoms. The number of hydrogen-bond acceptors (Lipinski definition) is 2. The fourth-order valence-electron chi connectivity index (χ4n) is 4.04. The summed E-state index contributed by atoms with van der Waals surface area (Å²) in [4.78, 5) is 8.31. The molecule has 0 bridgehead atoms. The molecule has 0 atom stereocenters. The standard InChI is InChI=1S/C18H14ClF2N.C10H5Cl2F2N/c1-9-4-5-13(10(2)6-9)18-11(3)17(19)16-14(21)7-12(20)8-15(16)22-18;1-4-9(11)8-6(14)2-5(13)3-7(8)15-10(4)12/h4-8H,1-3H3;2-3H,1H3. The summed E-state index contributed by atoms with van der Waals surface area (Å²) in [6.07, 6.45) is 0. The van der Waals surface area contributed by atoms with Crippen molar-refractivity contribution in [2.75, 3.05) is 0 Å². The highest BCUT2D eigenvalue weighted by Gasteiger charge is 2.17. The number of hydrogen-bond donors (Lipinski definition) is 0. The lowest BCUT2D eigenvalue weighted by molar-refractivity contribution is 0.590. The van der Waals surface area contributed by atoms with Gasteiger partial charge in [0.15, 0.2) is 0 Å². The van der Waals surface area contributed by atoms with Crippen molar-refractivity contribution < 1.29 is 17.6 Å². The molecule has 0 aliphatic carbocycles. The highest BCUT2D eigenvalue weighted by molar-refractivity contribution is 6.39. The molecule has 2 aromatic heterocycles. The Morgan fingerprint density at radius 2 is 1.14 bits per heavy atom. The van der Waals surface area contributed by atoms with Crippen LogP contribution < -0.4 is 0 Å². The van der Waals surface area contributed by atoms with E-state index in [4.69, 9.17) is 34.8 Å². The van der Waals surface area contributed by atoms with E-state index < -0.39 is 23.3 Å². The van der Waals surface area contributed by atoms with Crippen molar-refractivity contribution in [1.82, 2.24) is 9.97 Å². The fourth-order valence-corrected chi connectivity index (χ4v) is 4.82. The summed E-state index contributed by atoms with van der Waals surface area (Å²) in [6.45, 7) is 7.41. The van der Waals surface area contributed by atoms with Gasteiger partial charge >= 0.3 is 0 Å². The van der Waals surface area contributed by atoms with Crippen molar-refractivity contribution in [2.45, 2.75) is 27.7 Å².